The molecule has 0 spiro atoms. The minimum Gasteiger partial charge on any atom is -0.387 e. The molecule has 0 bridgehead atoms. The third-order valence-electron chi connectivity index (χ3n) is 2.60. The molecule has 1 atom stereocenters. The van der Waals surface area contributed by atoms with Crippen molar-refractivity contribution in [1.29, 1.82) is 0 Å². The molecule has 1 aromatic rings. The van der Waals surface area contributed by atoms with Crippen LogP contribution in [0.2, 0.25) is 0 Å². The lowest BCUT2D eigenvalue weighted by Gasteiger charge is -2.23. The highest BCUT2D eigenvalue weighted by Gasteiger charge is 2.15. The van der Waals surface area contributed by atoms with Crippen LogP contribution in [0, 0.1) is 6.92 Å². The molecular weight excluding hydrogens is 282 g/mol. The summed E-state index contributed by atoms with van der Waals surface area (Å²) in [6.07, 6.45) is -0.715. The highest BCUT2D eigenvalue weighted by molar-refractivity contribution is 7.81. The highest BCUT2D eigenvalue weighted by Crippen LogP contribution is 2.23. The Kier molecular flexibility index (Phi) is 5.15. The van der Waals surface area contributed by atoms with Gasteiger partial charge in [0.1, 0.15) is 5.75 Å². The van der Waals surface area contributed by atoms with Crippen LogP contribution in [0.3, 0.4) is 0 Å². The Morgan fingerprint density at radius 3 is 2.40 bits per heavy atom. The molecule has 0 fully saturated rings. The number of rotatable bonds is 5. The van der Waals surface area contributed by atoms with E-state index in [-0.39, 0.29) is 11.3 Å². The maximum Gasteiger partial charge on any atom is 0.446 e. The number of aryl methyl sites for hydroxylation is 1. The maximum absolute atomic E-state index is 10.7. The minimum absolute atomic E-state index is 0.0345. The zero-order valence-corrected chi connectivity index (χ0v) is 12.9. The van der Waals surface area contributed by atoms with Crippen LogP contribution in [-0.4, -0.2) is 30.2 Å². The van der Waals surface area contributed by atoms with Crippen LogP contribution in [0.15, 0.2) is 18.2 Å². The van der Waals surface area contributed by atoms with Gasteiger partial charge in [0.2, 0.25) is 0 Å². The molecule has 0 amide bonds. The summed E-state index contributed by atoms with van der Waals surface area (Å²) >= 11 is 0. The summed E-state index contributed by atoms with van der Waals surface area (Å²) in [6.45, 7) is 7.99. The van der Waals surface area contributed by atoms with Gasteiger partial charge in [-0.25, -0.2) is 0 Å². The van der Waals surface area contributed by atoms with Crippen molar-refractivity contribution in [2.45, 2.75) is 39.3 Å². The van der Waals surface area contributed by atoms with Crippen molar-refractivity contribution in [1.82, 2.24) is 5.32 Å². The predicted octanol–water partition coefficient (Wildman–Crippen LogP) is 1.60. The second kappa shape index (κ2) is 6.09. The lowest BCUT2D eigenvalue weighted by molar-refractivity contribution is 0.163. The molecule has 1 unspecified atom stereocenters. The lowest BCUT2D eigenvalue weighted by atomic mass is 10.0. The maximum atomic E-state index is 10.7. The van der Waals surface area contributed by atoms with Gasteiger partial charge in [-0.2, -0.15) is 8.42 Å². The molecule has 0 saturated heterocycles. The summed E-state index contributed by atoms with van der Waals surface area (Å²) in [4.78, 5) is 0. The van der Waals surface area contributed by atoms with Crippen molar-refractivity contribution < 1.29 is 22.3 Å². The number of nitrogens with one attached hydrogen (secondary N) is 1. The number of hydrogen-bond donors (Lipinski definition) is 3. The number of β-amino-alcohol motifs (C(OH)–C–C–N with tert-alkyl or cyclic N) is 1. The highest BCUT2D eigenvalue weighted by atomic mass is 32.3. The Morgan fingerprint density at radius 2 is 1.95 bits per heavy atom. The molecule has 0 aliphatic rings. The molecule has 6 nitrogen and oxygen atoms in total. The van der Waals surface area contributed by atoms with Gasteiger partial charge in [-0.3, -0.25) is 4.55 Å². The van der Waals surface area contributed by atoms with Crippen LogP contribution < -0.4 is 9.50 Å². The van der Waals surface area contributed by atoms with Gasteiger partial charge in [0.15, 0.2) is 0 Å². The molecule has 0 aliphatic carbocycles. The molecule has 0 radical (unpaired) electrons. The van der Waals surface area contributed by atoms with E-state index in [2.05, 4.69) is 9.50 Å². The van der Waals surface area contributed by atoms with E-state index < -0.39 is 16.5 Å². The average Bonchev–Trinajstić information content (AvgIpc) is 2.26. The van der Waals surface area contributed by atoms with Gasteiger partial charge in [-0.05, 0) is 51.0 Å². The van der Waals surface area contributed by atoms with Crippen molar-refractivity contribution >= 4 is 10.4 Å². The number of aliphatic hydroxyl groups excluding tert-OH is 1. The van der Waals surface area contributed by atoms with Gasteiger partial charge in [-0.15, -0.1) is 0 Å². The predicted molar refractivity (Wildman–Crippen MR) is 76.1 cm³/mol. The number of aliphatic hydroxyl groups is 1. The number of hydrogen-bond acceptors (Lipinski definition) is 5. The molecule has 0 aliphatic heterocycles. The summed E-state index contributed by atoms with van der Waals surface area (Å²) in [5, 5.41) is 13.2. The Labute approximate surface area is 119 Å². The van der Waals surface area contributed by atoms with Crippen molar-refractivity contribution in [3.8, 4) is 5.75 Å². The van der Waals surface area contributed by atoms with Gasteiger partial charge in [0.05, 0.1) is 6.10 Å². The van der Waals surface area contributed by atoms with Gasteiger partial charge < -0.3 is 14.6 Å². The first-order valence-corrected chi connectivity index (χ1v) is 7.55. The van der Waals surface area contributed by atoms with Crippen LogP contribution in [0.1, 0.15) is 38.0 Å². The second-order valence-electron chi connectivity index (χ2n) is 5.68. The van der Waals surface area contributed by atoms with E-state index in [1.54, 1.807) is 19.1 Å². The van der Waals surface area contributed by atoms with E-state index >= 15 is 0 Å². The first-order chi connectivity index (χ1) is 8.98. The van der Waals surface area contributed by atoms with E-state index in [1.165, 1.54) is 6.07 Å². The largest absolute Gasteiger partial charge is 0.446 e. The van der Waals surface area contributed by atoms with Gasteiger partial charge in [-0.1, -0.05) is 6.07 Å². The molecule has 1 rings (SSSR count). The second-order valence-corrected chi connectivity index (χ2v) is 6.70. The van der Waals surface area contributed by atoms with Crippen molar-refractivity contribution in [3.05, 3.63) is 29.3 Å². The fraction of sp³-hybridized carbons (Fsp3) is 0.538. The Bertz CT molecular complexity index is 563. The fourth-order valence-electron chi connectivity index (χ4n) is 1.61. The summed E-state index contributed by atoms with van der Waals surface area (Å²) in [6, 6.07) is 4.58. The third kappa shape index (κ3) is 5.87. The van der Waals surface area contributed by atoms with Gasteiger partial charge in [0, 0.05) is 12.1 Å². The van der Waals surface area contributed by atoms with E-state index in [0.29, 0.717) is 17.7 Å². The van der Waals surface area contributed by atoms with Crippen LogP contribution in [0.25, 0.3) is 0 Å². The molecule has 3 N–H and O–H groups in total. The molecule has 0 heterocycles. The first-order valence-electron chi connectivity index (χ1n) is 6.18. The van der Waals surface area contributed by atoms with E-state index in [4.69, 9.17) is 4.55 Å². The van der Waals surface area contributed by atoms with Crippen LogP contribution >= 0.6 is 0 Å². The van der Waals surface area contributed by atoms with Crippen LogP contribution in [-0.2, 0) is 10.4 Å². The van der Waals surface area contributed by atoms with Gasteiger partial charge in [0.25, 0.3) is 0 Å². The Balaban J connectivity index is 2.81. The zero-order chi connectivity index (χ0) is 15.6. The SMILES string of the molecule is Cc1cc(C(O)CNC(C)(C)C)ccc1OS(=O)(=O)O. The molecule has 7 heteroatoms. The summed E-state index contributed by atoms with van der Waals surface area (Å²) in [7, 11) is -4.54. The molecular formula is C13H21NO5S. The summed E-state index contributed by atoms with van der Waals surface area (Å²) in [5.41, 5.74) is 1.04. The van der Waals surface area contributed by atoms with E-state index in [1.807, 2.05) is 20.8 Å². The van der Waals surface area contributed by atoms with Crippen molar-refractivity contribution in [2.75, 3.05) is 6.54 Å². The molecule has 1 aromatic carbocycles. The smallest absolute Gasteiger partial charge is 0.387 e. The monoisotopic (exact) mass is 303 g/mol. The molecule has 0 saturated carbocycles. The quantitative estimate of drug-likeness (QED) is 0.715. The summed E-state index contributed by atoms with van der Waals surface area (Å²) in [5.74, 6) is 0.0345. The molecule has 20 heavy (non-hydrogen) atoms. The Hall–Kier alpha value is -1.15. The normalized spacial score (nSPS) is 14.1. The standard InChI is InChI=1S/C13H21NO5S/c1-9-7-10(11(15)8-14-13(2,3)4)5-6-12(9)19-20(16,17)18/h5-7,11,14-15H,8H2,1-4H3,(H,16,17,18). The lowest BCUT2D eigenvalue weighted by Crippen LogP contribution is -2.38. The van der Waals surface area contributed by atoms with E-state index in [9.17, 15) is 13.5 Å². The number of benzene rings is 1. The fourth-order valence-corrected chi connectivity index (χ4v) is 2.02. The minimum atomic E-state index is -4.54. The zero-order valence-electron chi connectivity index (χ0n) is 12.0. The Morgan fingerprint density at radius 1 is 1.35 bits per heavy atom. The molecule has 114 valence electrons. The van der Waals surface area contributed by atoms with Crippen molar-refractivity contribution in [3.63, 3.8) is 0 Å². The topological polar surface area (TPSA) is 95.9 Å². The van der Waals surface area contributed by atoms with E-state index in [0.717, 1.165) is 0 Å². The first kappa shape index (κ1) is 16.9. The van der Waals surface area contributed by atoms with Crippen LogP contribution in [0.4, 0.5) is 0 Å². The van der Waals surface area contributed by atoms with Crippen molar-refractivity contribution in [2.24, 2.45) is 0 Å². The van der Waals surface area contributed by atoms with Crippen LogP contribution in [0.5, 0.6) is 5.75 Å². The average molecular weight is 303 g/mol. The third-order valence-corrected chi connectivity index (χ3v) is 2.99. The summed E-state index contributed by atoms with van der Waals surface area (Å²) < 4.78 is 34.4. The van der Waals surface area contributed by atoms with Gasteiger partial charge >= 0.3 is 10.4 Å². The molecule has 0 aromatic heterocycles.